The first-order valence-electron chi connectivity index (χ1n) is 3.00. The van der Waals surface area contributed by atoms with Gasteiger partial charge in [0.25, 0.3) is 0 Å². The zero-order valence-corrected chi connectivity index (χ0v) is 5.66. The second kappa shape index (κ2) is 3.43. The van der Waals surface area contributed by atoms with E-state index in [2.05, 4.69) is 12.0 Å². The van der Waals surface area contributed by atoms with Crippen LogP contribution in [0, 0.1) is 17.9 Å². The molecular weight excluding hydrogens is 140 g/mol. The molecule has 2 nitrogen and oxygen atoms in total. The molecule has 0 saturated carbocycles. The molecular formula is C9H5O2. The molecule has 0 atom stereocenters. The van der Waals surface area contributed by atoms with E-state index in [-0.39, 0.29) is 0 Å². The highest BCUT2D eigenvalue weighted by atomic mass is 16.4. The van der Waals surface area contributed by atoms with Crippen molar-refractivity contribution in [3.8, 4) is 11.8 Å². The lowest BCUT2D eigenvalue weighted by molar-refractivity contribution is -0.130. The number of carboxylic acids is 1. The van der Waals surface area contributed by atoms with E-state index in [0.717, 1.165) is 0 Å². The van der Waals surface area contributed by atoms with Gasteiger partial charge in [0, 0.05) is 11.5 Å². The maximum atomic E-state index is 9.99. The Labute approximate surface area is 64.5 Å². The fraction of sp³-hybridized carbons (Fsp3) is 0. The monoisotopic (exact) mass is 145 g/mol. The Hall–Kier alpha value is -1.75. The number of rotatable bonds is 0. The number of aliphatic carboxylic acids is 1. The second-order valence-corrected chi connectivity index (χ2v) is 1.84. The predicted octanol–water partition coefficient (Wildman–Crippen LogP) is 0.923. The first-order valence-corrected chi connectivity index (χ1v) is 3.00. The van der Waals surface area contributed by atoms with Gasteiger partial charge in [-0.15, -0.1) is 0 Å². The molecule has 0 saturated heterocycles. The van der Waals surface area contributed by atoms with Crippen LogP contribution in [0.4, 0.5) is 0 Å². The number of carboxylic acid groups (broad SMARTS) is 1. The Kier molecular flexibility index (Phi) is 2.29. The van der Waals surface area contributed by atoms with Gasteiger partial charge in [0.15, 0.2) is 0 Å². The Morgan fingerprint density at radius 1 is 1.45 bits per heavy atom. The molecule has 0 bridgehead atoms. The standard InChI is InChI=1S/C9H5O2/c10-9(11)7-6-8-4-2-1-3-5-8/h2-5H,(H,10,11). The van der Waals surface area contributed by atoms with Gasteiger partial charge >= 0.3 is 5.97 Å². The van der Waals surface area contributed by atoms with Crippen molar-refractivity contribution in [3.05, 3.63) is 35.9 Å². The SMILES string of the molecule is O=C(O)C#Cc1cc[c]cc1. The van der Waals surface area contributed by atoms with E-state index >= 15 is 0 Å². The highest BCUT2D eigenvalue weighted by Gasteiger charge is 1.84. The molecule has 1 radical (unpaired) electrons. The largest absolute Gasteiger partial charge is 0.472 e. The summed E-state index contributed by atoms with van der Waals surface area (Å²) in [6.45, 7) is 0. The molecule has 1 aromatic carbocycles. The molecule has 0 fully saturated rings. The average Bonchev–Trinajstić information content (AvgIpc) is 2.03. The minimum atomic E-state index is -1.11. The number of carbonyl (C=O) groups is 1. The van der Waals surface area contributed by atoms with E-state index in [1.54, 1.807) is 24.3 Å². The van der Waals surface area contributed by atoms with Crippen LogP contribution in [0.3, 0.4) is 0 Å². The molecule has 1 N–H and O–H groups in total. The van der Waals surface area contributed by atoms with Crippen molar-refractivity contribution in [1.29, 1.82) is 0 Å². The summed E-state index contributed by atoms with van der Waals surface area (Å²) < 4.78 is 0. The van der Waals surface area contributed by atoms with Crippen LogP contribution in [-0.2, 0) is 4.79 Å². The van der Waals surface area contributed by atoms with Crippen molar-refractivity contribution >= 4 is 5.97 Å². The van der Waals surface area contributed by atoms with E-state index in [9.17, 15) is 4.79 Å². The van der Waals surface area contributed by atoms with Crippen LogP contribution in [0.5, 0.6) is 0 Å². The van der Waals surface area contributed by atoms with Gasteiger partial charge in [0.2, 0.25) is 0 Å². The van der Waals surface area contributed by atoms with Crippen LogP contribution >= 0.6 is 0 Å². The summed E-state index contributed by atoms with van der Waals surface area (Å²) in [6.07, 6.45) is 0. The van der Waals surface area contributed by atoms with Crippen molar-refractivity contribution in [1.82, 2.24) is 0 Å². The number of benzene rings is 1. The van der Waals surface area contributed by atoms with Crippen LogP contribution in [0.15, 0.2) is 24.3 Å². The Morgan fingerprint density at radius 3 is 2.64 bits per heavy atom. The normalized spacial score (nSPS) is 8.00. The van der Waals surface area contributed by atoms with E-state index in [1.807, 2.05) is 5.92 Å². The predicted molar refractivity (Wildman–Crippen MR) is 39.8 cm³/mol. The van der Waals surface area contributed by atoms with E-state index < -0.39 is 5.97 Å². The lowest BCUT2D eigenvalue weighted by atomic mass is 10.2. The maximum absolute atomic E-state index is 9.99. The number of hydrogen-bond acceptors (Lipinski definition) is 1. The van der Waals surface area contributed by atoms with Crippen LogP contribution in [-0.4, -0.2) is 11.1 Å². The molecule has 0 amide bonds. The first kappa shape index (κ1) is 7.36. The highest BCUT2D eigenvalue weighted by molar-refractivity contribution is 5.87. The molecule has 0 aliphatic heterocycles. The summed E-state index contributed by atoms with van der Waals surface area (Å²) in [6, 6.07) is 9.59. The molecule has 11 heavy (non-hydrogen) atoms. The zero-order chi connectivity index (χ0) is 8.10. The summed E-state index contributed by atoms with van der Waals surface area (Å²) in [5.74, 6) is 3.38. The molecule has 0 spiro atoms. The van der Waals surface area contributed by atoms with Gasteiger partial charge in [-0.05, 0) is 18.2 Å². The van der Waals surface area contributed by atoms with E-state index in [1.165, 1.54) is 0 Å². The van der Waals surface area contributed by atoms with Crippen molar-refractivity contribution < 1.29 is 9.90 Å². The Bertz CT molecular complexity index is 303. The molecule has 0 unspecified atom stereocenters. The van der Waals surface area contributed by atoms with Gasteiger partial charge in [-0.3, -0.25) is 0 Å². The van der Waals surface area contributed by atoms with Crippen LogP contribution in [0.1, 0.15) is 5.56 Å². The van der Waals surface area contributed by atoms with Gasteiger partial charge in [-0.2, -0.15) is 0 Å². The first-order chi connectivity index (χ1) is 5.29. The smallest absolute Gasteiger partial charge is 0.382 e. The third kappa shape index (κ3) is 2.55. The number of hydrogen-bond donors (Lipinski definition) is 1. The minimum Gasteiger partial charge on any atom is -0.472 e. The van der Waals surface area contributed by atoms with Crippen molar-refractivity contribution in [2.75, 3.05) is 0 Å². The molecule has 53 valence electrons. The van der Waals surface area contributed by atoms with Gasteiger partial charge in [0.1, 0.15) is 0 Å². The minimum absolute atomic E-state index is 0.686. The van der Waals surface area contributed by atoms with E-state index in [0.29, 0.717) is 5.56 Å². The molecule has 0 heterocycles. The third-order valence-corrected chi connectivity index (χ3v) is 1.03. The summed E-state index contributed by atoms with van der Waals surface area (Å²) in [7, 11) is 0. The highest BCUT2D eigenvalue weighted by Crippen LogP contribution is 1.93. The van der Waals surface area contributed by atoms with E-state index in [4.69, 9.17) is 5.11 Å². The maximum Gasteiger partial charge on any atom is 0.382 e. The summed E-state index contributed by atoms with van der Waals surface area (Å²) in [4.78, 5) is 9.99. The lowest BCUT2D eigenvalue weighted by Gasteiger charge is -1.83. The zero-order valence-electron chi connectivity index (χ0n) is 5.66. The van der Waals surface area contributed by atoms with Crippen LogP contribution in [0.25, 0.3) is 0 Å². The van der Waals surface area contributed by atoms with Gasteiger partial charge < -0.3 is 5.11 Å². The Balaban J connectivity index is 2.83. The van der Waals surface area contributed by atoms with Gasteiger partial charge in [-0.1, -0.05) is 18.1 Å². The Morgan fingerprint density at radius 2 is 2.09 bits per heavy atom. The molecule has 1 rings (SSSR count). The van der Waals surface area contributed by atoms with Gasteiger partial charge in [0.05, 0.1) is 0 Å². The van der Waals surface area contributed by atoms with Crippen molar-refractivity contribution in [2.24, 2.45) is 0 Å². The molecule has 2 heteroatoms. The fourth-order valence-corrected chi connectivity index (χ4v) is 0.596. The molecule has 0 aromatic heterocycles. The lowest BCUT2D eigenvalue weighted by Crippen LogP contribution is -1.86. The van der Waals surface area contributed by atoms with Crippen molar-refractivity contribution in [3.63, 3.8) is 0 Å². The van der Waals surface area contributed by atoms with Crippen LogP contribution < -0.4 is 0 Å². The average molecular weight is 145 g/mol. The molecule has 0 aliphatic rings. The third-order valence-electron chi connectivity index (χ3n) is 1.03. The summed E-state index contributed by atoms with van der Waals surface area (Å²) in [5, 5.41) is 8.19. The van der Waals surface area contributed by atoms with Crippen molar-refractivity contribution in [2.45, 2.75) is 0 Å². The summed E-state index contributed by atoms with van der Waals surface area (Å²) in [5.41, 5.74) is 0.686. The van der Waals surface area contributed by atoms with Gasteiger partial charge in [-0.25, -0.2) is 4.79 Å². The second-order valence-electron chi connectivity index (χ2n) is 1.84. The van der Waals surface area contributed by atoms with Crippen LogP contribution in [0.2, 0.25) is 0 Å². The molecule has 0 aliphatic carbocycles. The quantitative estimate of drug-likeness (QED) is 0.551. The fourth-order valence-electron chi connectivity index (χ4n) is 0.596. The molecule has 1 aromatic rings. The topological polar surface area (TPSA) is 37.3 Å². The summed E-state index contributed by atoms with van der Waals surface area (Å²) >= 11 is 0.